The summed E-state index contributed by atoms with van der Waals surface area (Å²) in [5, 5.41) is 7.01. The molecule has 0 spiro atoms. The first-order valence-corrected chi connectivity index (χ1v) is 9.73. The van der Waals surface area contributed by atoms with Crippen molar-refractivity contribution in [3.8, 4) is 11.4 Å². The highest BCUT2D eigenvalue weighted by molar-refractivity contribution is 5.91. The van der Waals surface area contributed by atoms with Gasteiger partial charge in [-0.25, -0.2) is 0 Å². The average molecular weight is 396 g/mol. The summed E-state index contributed by atoms with van der Waals surface area (Å²) < 4.78 is 16.0. The van der Waals surface area contributed by atoms with Crippen molar-refractivity contribution < 1.29 is 18.5 Å². The molecule has 1 aliphatic rings. The maximum absolute atomic E-state index is 12.4. The van der Waals surface area contributed by atoms with Gasteiger partial charge in [0, 0.05) is 24.3 Å². The molecule has 2 aromatic heterocycles. The lowest BCUT2D eigenvalue weighted by Crippen LogP contribution is -2.36. The van der Waals surface area contributed by atoms with Crippen LogP contribution in [-0.2, 0) is 4.74 Å². The lowest BCUT2D eigenvalue weighted by atomic mass is 10.0. The number of furan rings is 1. The second kappa shape index (κ2) is 8.48. The summed E-state index contributed by atoms with van der Waals surface area (Å²) in [6.07, 6.45) is 1.46. The number of morpholine rings is 1. The van der Waals surface area contributed by atoms with Gasteiger partial charge >= 0.3 is 0 Å². The Morgan fingerprint density at radius 2 is 1.90 bits per heavy atom. The van der Waals surface area contributed by atoms with Gasteiger partial charge in [0.05, 0.1) is 19.5 Å². The first kappa shape index (κ1) is 19.2. The van der Waals surface area contributed by atoms with Crippen LogP contribution in [-0.4, -0.2) is 42.4 Å². The summed E-state index contributed by atoms with van der Waals surface area (Å²) in [6, 6.07) is 10.9. The van der Waals surface area contributed by atoms with Gasteiger partial charge in [-0.1, -0.05) is 19.0 Å². The molecule has 1 unspecified atom stereocenters. The number of nitrogens with zero attached hydrogens (tertiary/aromatic N) is 3. The molecular formula is C21H24N4O4. The number of anilines is 1. The summed E-state index contributed by atoms with van der Waals surface area (Å²) in [6.45, 7) is 7.23. The minimum absolute atomic E-state index is 0.0610. The molecule has 4 rings (SSSR count). The van der Waals surface area contributed by atoms with Gasteiger partial charge in [-0.3, -0.25) is 4.79 Å². The number of hydrogen-bond donors (Lipinski definition) is 1. The Bertz CT molecular complexity index is 928. The number of carbonyl (C=O) groups excluding carboxylic acids is 1. The number of aromatic nitrogens is 2. The first-order valence-electron chi connectivity index (χ1n) is 9.73. The first-order chi connectivity index (χ1) is 14.1. The van der Waals surface area contributed by atoms with Gasteiger partial charge in [-0.05, 0) is 42.3 Å². The normalized spacial score (nSPS) is 15.5. The van der Waals surface area contributed by atoms with E-state index in [2.05, 4.69) is 32.5 Å². The number of ether oxygens (including phenoxy) is 1. The van der Waals surface area contributed by atoms with Crippen LogP contribution < -0.4 is 10.2 Å². The Morgan fingerprint density at radius 1 is 1.14 bits per heavy atom. The van der Waals surface area contributed by atoms with E-state index in [0.29, 0.717) is 11.7 Å². The Balaban J connectivity index is 1.49. The number of benzene rings is 1. The van der Waals surface area contributed by atoms with E-state index in [9.17, 15) is 4.79 Å². The van der Waals surface area contributed by atoms with Crippen molar-refractivity contribution in [1.82, 2.24) is 15.5 Å². The maximum Gasteiger partial charge on any atom is 0.287 e. The highest BCUT2D eigenvalue weighted by Gasteiger charge is 2.26. The minimum atomic E-state index is -0.415. The maximum atomic E-state index is 12.4. The van der Waals surface area contributed by atoms with Crippen LogP contribution in [0.5, 0.6) is 0 Å². The molecule has 0 radical (unpaired) electrons. The van der Waals surface area contributed by atoms with E-state index < -0.39 is 6.04 Å². The quantitative estimate of drug-likeness (QED) is 0.683. The van der Waals surface area contributed by atoms with Crippen molar-refractivity contribution >= 4 is 11.6 Å². The van der Waals surface area contributed by atoms with Crippen LogP contribution in [0.3, 0.4) is 0 Å². The number of amides is 1. The highest BCUT2D eigenvalue weighted by Crippen LogP contribution is 2.26. The van der Waals surface area contributed by atoms with Crippen molar-refractivity contribution in [2.45, 2.75) is 19.9 Å². The van der Waals surface area contributed by atoms with E-state index in [1.54, 1.807) is 12.1 Å². The van der Waals surface area contributed by atoms with Crippen molar-refractivity contribution in [1.29, 1.82) is 0 Å². The molecule has 8 heteroatoms. The Morgan fingerprint density at radius 3 is 2.55 bits per heavy atom. The molecule has 152 valence electrons. The zero-order chi connectivity index (χ0) is 20.2. The number of nitrogens with one attached hydrogen (secondary N) is 1. The fourth-order valence-corrected chi connectivity index (χ4v) is 3.26. The molecule has 29 heavy (non-hydrogen) atoms. The smallest absolute Gasteiger partial charge is 0.287 e. The topological polar surface area (TPSA) is 93.6 Å². The summed E-state index contributed by atoms with van der Waals surface area (Å²) in [7, 11) is 0. The zero-order valence-corrected chi connectivity index (χ0v) is 16.5. The van der Waals surface area contributed by atoms with Crippen LogP contribution >= 0.6 is 0 Å². The molecule has 3 heterocycles. The third kappa shape index (κ3) is 4.32. The lowest BCUT2D eigenvalue weighted by Gasteiger charge is -2.28. The summed E-state index contributed by atoms with van der Waals surface area (Å²) >= 11 is 0. The summed E-state index contributed by atoms with van der Waals surface area (Å²) in [4.78, 5) is 19.2. The molecule has 8 nitrogen and oxygen atoms in total. The van der Waals surface area contributed by atoms with Gasteiger partial charge in [-0.15, -0.1) is 0 Å². The predicted octanol–water partition coefficient (Wildman–Crippen LogP) is 3.29. The van der Waals surface area contributed by atoms with E-state index in [1.807, 2.05) is 26.0 Å². The van der Waals surface area contributed by atoms with E-state index in [-0.39, 0.29) is 17.6 Å². The third-order valence-electron chi connectivity index (χ3n) is 4.91. The highest BCUT2D eigenvalue weighted by atomic mass is 16.5. The standard InChI is InChI=1S/C21H24N4O4/c1-14(2)18(22-20(26)17-4-3-11-28-17)21-23-19(24-29-21)15-5-7-16(8-6-15)25-9-12-27-13-10-25/h3-8,11,14,18H,9-10,12-13H2,1-2H3,(H,22,26). The largest absolute Gasteiger partial charge is 0.459 e. The van der Waals surface area contributed by atoms with Gasteiger partial charge in [0.1, 0.15) is 6.04 Å². The van der Waals surface area contributed by atoms with Gasteiger partial charge in [-0.2, -0.15) is 4.98 Å². The number of rotatable bonds is 6. The van der Waals surface area contributed by atoms with Crippen LogP contribution in [0.15, 0.2) is 51.6 Å². The van der Waals surface area contributed by atoms with Gasteiger partial charge in [0.2, 0.25) is 11.7 Å². The Labute approximate surface area is 168 Å². The molecule has 1 fully saturated rings. The second-order valence-corrected chi connectivity index (χ2v) is 7.27. The molecule has 1 atom stereocenters. The molecule has 0 aliphatic carbocycles. The van der Waals surface area contributed by atoms with E-state index in [1.165, 1.54) is 6.26 Å². The Hall–Kier alpha value is -3.13. The van der Waals surface area contributed by atoms with Crippen molar-refractivity contribution in [2.75, 3.05) is 31.2 Å². The molecule has 1 N–H and O–H groups in total. The molecule has 1 aromatic carbocycles. The minimum Gasteiger partial charge on any atom is -0.459 e. The molecule has 1 saturated heterocycles. The van der Waals surface area contributed by atoms with Gasteiger partial charge < -0.3 is 23.9 Å². The SMILES string of the molecule is CC(C)C(NC(=O)c1ccco1)c1nc(-c2ccc(N3CCOCC3)cc2)no1. The van der Waals surface area contributed by atoms with Crippen LogP contribution in [0.2, 0.25) is 0 Å². The monoisotopic (exact) mass is 396 g/mol. The average Bonchev–Trinajstić information content (AvgIpc) is 3.45. The summed E-state index contributed by atoms with van der Waals surface area (Å²) in [5.74, 6) is 0.849. The second-order valence-electron chi connectivity index (χ2n) is 7.27. The molecule has 1 aliphatic heterocycles. The van der Waals surface area contributed by atoms with E-state index in [0.717, 1.165) is 37.6 Å². The van der Waals surface area contributed by atoms with Crippen LogP contribution in [0.4, 0.5) is 5.69 Å². The molecular weight excluding hydrogens is 372 g/mol. The van der Waals surface area contributed by atoms with Crippen molar-refractivity contribution in [2.24, 2.45) is 5.92 Å². The molecule has 1 amide bonds. The predicted molar refractivity (Wildman–Crippen MR) is 107 cm³/mol. The van der Waals surface area contributed by atoms with Gasteiger partial charge in [0.15, 0.2) is 5.76 Å². The molecule has 0 saturated carbocycles. The molecule has 0 bridgehead atoms. The zero-order valence-electron chi connectivity index (χ0n) is 16.5. The fourth-order valence-electron chi connectivity index (χ4n) is 3.26. The van der Waals surface area contributed by atoms with Crippen LogP contribution in [0.1, 0.15) is 36.3 Å². The van der Waals surface area contributed by atoms with Crippen LogP contribution in [0.25, 0.3) is 11.4 Å². The summed E-state index contributed by atoms with van der Waals surface area (Å²) in [5.41, 5.74) is 2.00. The van der Waals surface area contributed by atoms with Crippen molar-refractivity contribution in [3.05, 3.63) is 54.3 Å². The fraction of sp³-hybridized carbons (Fsp3) is 0.381. The Kier molecular flexibility index (Phi) is 5.62. The van der Waals surface area contributed by atoms with E-state index in [4.69, 9.17) is 13.7 Å². The lowest BCUT2D eigenvalue weighted by molar-refractivity contribution is 0.0885. The van der Waals surface area contributed by atoms with Gasteiger partial charge in [0.25, 0.3) is 5.91 Å². The van der Waals surface area contributed by atoms with Crippen LogP contribution in [0, 0.1) is 5.92 Å². The number of carbonyl (C=O) groups is 1. The van der Waals surface area contributed by atoms with E-state index >= 15 is 0 Å². The van der Waals surface area contributed by atoms with Crippen molar-refractivity contribution in [3.63, 3.8) is 0 Å². The number of hydrogen-bond acceptors (Lipinski definition) is 7. The third-order valence-corrected chi connectivity index (χ3v) is 4.91. The molecule has 3 aromatic rings.